The zero-order valence-electron chi connectivity index (χ0n) is 17.9. The Balaban J connectivity index is 1.43. The largest absolute Gasteiger partial charge is 0.310 e. The van der Waals surface area contributed by atoms with Crippen molar-refractivity contribution in [2.45, 2.75) is 50.4 Å². The molecule has 0 radical (unpaired) electrons. The molecular weight excluding hydrogens is 431 g/mol. The molecule has 1 N–H and O–H groups in total. The number of aromatic nitrogens is 1. The van der Waals surface area contributed by atoms with Gasteiger partial charge in [0.15, 0.2) is 0 Å². The summed E-state index contributed by atoms with van der Waals surface area (Å²) >= 11 is 0. The Bertz CT molecular complexity index is 1130. The topological polar surface area (TPSA) is 82.6 Å². The summed E-state index contributed by atoms with van der Waals surface area (Å²) in [4.78, 5) is 17.2. The summed E-state index contributed by atoms with van der Waals surface area (Å²) < 4.78 is 42.6. The van der Waals surface area contributed by atoms with Crippen molar-refractivity contribution in [1.29, 1.82) is 0 Å². The van der Waals surface area contributed by atoms with Gasteiger partial charge in [0.25, 0.3) is 0 Å². The summed E-state index contributed by atoms with van der Waals surface area (Å²) in [6.45, 7) is 1.63. The number of benzene rings is 1. The van der Waals surface area contributed by atoms with Crippen molar-refractivity contribution in [1.82, 2.24) is 9.29 Å². The summed E-state index contributed by atoms with van der Waals surface area (Å²) in [5, 5.41) is 2.83. The molecule has 1 aromatic carbocycles. The third kappa shape index (κ3) is 3.57. The van der Waals surface area contributed by atoms with E-state index in [9.17, 15) is 17.6 Å². The molecule has 1 saturated heterocycles. The first kappa shape index (κ1) is 21.3. The number of halogens is 1. The van der Waals surface area contributed by atoms with E-state index in [1.54, 1.807) is 4.31 Å². The van der Waals surface area contributed by atoms with E-state index in [4.69, 9.17) is 0 Å². The Hall–Kier alpha value is -2.52. The standard InChI is InChI=1S/C23H27FN4O3S/c24-19-7-9-21(25-16-19)26-22(29)23(10-4-11-23)18-6-8-20-17(15-18)5-3-14-28(20)32(30,31)27-12-1-2-13-27/h6-9,15-16H,1-5,10-14H2,(H,25,26,29). The van der Waals surface area contributed by atoms with Crippen molar-refractivity contribution in [2.75, 3.05) is 29.3 Å². The number of aryl methyl sites for hydroxylation is 1. The lowest BCUT2D eigenvalue weighted by atomic mass is 9.63. The first-order chi connectivity index (χ1) is 15.4. The number of carbonyl (C=O) groups is 1. The van der Waals surface area contributed by atoms with E-state index >= 15 is 0 Å². The Kier molecular flexibility index (Phi) is 5.41. The van der Waals surface area contributed by atoms with E-state index in [0.29, 0.717) is 38.3 Å². The fraction of sp³-hybridized carbons (Fsp3) is 0.478. The van der Waals surface area contributed by atoms with Crippen LogP contribution in [0.1, 0.15) is 49.7 Å². The number of hydrogen-bond donors (Lipinski definition) is 1. The minimum Gasteiger partial charge on any atom is -0.310 e. The SMILES string of the molecule is O=C(Nc1ccc(F)cn1)C1(c2ccc3c(c2)CCCN3S(=O)(=O)N2CCCC2)CCC1. The third-order valence-corrected chi connectivity index (χ3v) is 8.94. The van der Waals surface area contributed by atoms with Crippen LogP contribution in [0.2, 0.25) is 0 Å². The van der Waals surface area contributed by atoms with Crippen LogP contribution in [-0.4, -0.2) is 43.2 Å². The van der Waals surface area contributed by atoms with E-state index in [1.165, 1.54) is 16.4 Å². The monoisotopic (exact) mass is 458 g/mol. The minimum atomic E-state index is -3.53. The second-order valence-corrected chi connectivity index (χ2v) is 10.7. The first-order valence-corrected chi connectivity index (χ1v) is 12.6. The van der Waals surface area contributed by atoms with Crippen LogP contribution in [0.15, 0.2) is 36.5 Å². The lowest BCUT2D eigenvalue weighted by molar-refractivity contribution is -0.124. The number of carbonyl (C=O) groups excluding carboxylic acids is 1. The highest BCUT2D eigenvalue weighted by Crippen LogP contribution is 2.46. The number of anilines is 2. The zero-order chi connectivity index (χ0) is 22.3. The van der Waals surface area contributed by atoms with Gasteiger partial charge in [0.1, 0.15) is 11.6 Å². The van der Waals surface area contributed by atoms with Crippen molar-refractivity contribution in [3.63, 3.8) is 0 Å². The van der Waals surface area contributed by atoms with Crippen LogP contribution >= 0.6 is 0 Å². The van der Waals surface area contributed by atoms with Crippen molar-refractivity contribution < 1.29 is 17.6 Å². The molecule has 0 bridgehead atoms. The molecule has 2 aliphatic heterocycles. The summed E-state index contributed by atoms with van der Waals surface area (Å²) in [6, 6.07) is 8.49. The van der Waals surface area contributed by atoms with Gasteiger partial charge in [-0.05, 0) is 67.9 Å². The highest BCUT2D eigenvalue weighted by Gasteiger charge is 2.46. The Morgan fingerprint density at radius 1 is 1.03 bits per heavy atom. The van der Waals surface area contributed by atoms with Gasteiger partial charge in [-0.25, -0.2) is 9.37 Å². The molecule has 3 aliphatic rings. The van der Waals surface area contributed by atoms with E-state index in [-0.39, 0.29) is 5.91 Å². The van der Waals surface area contributed by atoms with Crippen LogP contribution in [-0.2, 0) is 26.8 Å². The normalized spacial score (nSPS) is 20.5. The summed E-state index contributed by atoms with van der Waals surface area (Å²) in [5.74, 6) is -0.284. The smallest absolute Gasteiger partial charge is 0.304 e. The molecule has 9 heteroatoms. The average Bonchev–Trinajstić information content (AvgIpc) is 3.30. The van der Waals surface area contributed by atoms with Gasteiger partial charge in [0, 0.05) is 19.6 Å². The molecule has 2 fully saturated rings. The highest BCUT2D eigenvalue weighted by atomic mass is 32.2. The molecule has 0 atom stereocenters. The van der Waals surface area contributed by atoms with Crippen molar-refractivity contribution in [3.8, 4) is 0 Å². The van der Waals surface area contributed by atoms with Crippen LogP contribution in [0.25, 0.3) is 0 Å². The van der Waals surface area contributed by atoms with Crippen LogP contribution in [0.3, 0.4) is 0 Å². The molecule has 32 heavy (non-hydrogen) atoms. The number of nitrogens with zero attached hydrogens (tertiary/aromatic N) is 3. The van der Waals surface area contributed by atoms with E-state index in [1.807, 2.05) is 18.2 Å². The van der Waals surface area contributed by atoms with Gasteiger partial charge >= 0.3 is 10.2 Å². The fourth-order valence-corrected chi connectivity index (χ4v) is 6.81. The minimum absolute atomic E-state index is 0.153. The van der Waals surface area contributed by atoms with Crippen LogP contribution < -0.4 is 9.62 Å². The number of fused-ring (bicyclic) bond motifs is 1. The Morgan fingerprint density at radius 3 is 2.47 bits per heavy atom. The van der Waals surface area contributed by atoms with Gasteiger partial charge in [-0.15, -0.1) is 0 Å². The molecule has 0 spiro atoms. The molecule has 7 nitrogen and oxygen atoms in total. The van der Waals surface area contributed by atoms with Crippen molar-refractivity contribution in [2.24, 2.45) is 0 Å². The number of rotatable bonds is 5. The zero-order valence-corrected chi connectivity index (χ0v) is 18.7. The van der Waals surface area contributed by atoms with Crippen molar-refractivity contribution >= 4 is 27.6 Å². The Labute approximate surface area is 187 Å². The maximum Gasteiger partial charge on any atom is 0.304 e. The molecule has 2 aromatic rings. The average molecular weight is 459 g/mol. The number of hydrogen-bond acceptors (Lipinski definition) is 4. The number of nitrogens with one attached hydrogen (secondary N) is 1. The molecule has 1 amide bonds. The van der Waals surface area contributed by atoms with Crippen molar-refractivity contribution in [3.05, 3.63) is 53.5 Å². The second kappa shape index (κ2) is 8.12. The molecular formula is C23H27FN4O3S. The van der Waals surface area contributed by atoms with Crippen LogP contribution in [0.5, 0.6) is 0 Å². The predicted octanol–water partition coefficient (Wildman–Crippen LogP) is 3.37. The molecule has 5 rings (SSSR count). The first-order valence-electron chi connectivity index (χ1n) is 11.2. The van der Waals surface area contributed by atoms with Gasteiger partial charge < -0.3 is 5.32 Å². The van der Waals surface area contributed by atoms with Gasteiger partial charge in [-0.3, -0.25) is 9.10 Å². The Morgan fingerprint density at radius 2 is 1.81 bits per heavy atom. The second-order valence-electron chi connectivity index (χ2n) is 8.88. The molecule has 0 unspecified atom stereocenters. The lowest BCUT2D eigenvalue weighted by Crippen LogP contribution is -2.47. The van der Waals surface area contributed by atoms with Crippen LogP contribution in [0, 0.1) is 5.82 Å². The van der Waals surface area contributed by atoms with E-state index < -0.39 is 21.4 Å². The lowest BCUT2D eigenvalue weighted by Gasteiger charge is -2.41. The van der Waals surface area contributed by atoms with Gasteiger partial charge in [-0.2, -0.15) is 12.7 Å². The highest BCUT2D eigenvalue weighted by molar-refractivity contribution is 7.90. The van der Waals surface area contributed by atoms with Gasteiger partial charge in [-0.1, -0.05) is 18.6 Å². The third-order valence-electron chi connectivity index (χ3n) is 6.99. The maximum absolute atomic E-state index is 13.2. The molecule has 1 saturated carbocycles. The number of pyridine rings is 1. The van der Waals surface area contributed by atoms with E-state index in [0.717, 1.165) is 55.1 Å². The summed E-state index contributed by atoms with van der Waals surface area (Å²) in [7, 11) is -3.53. The molecule has 170 valence electrons. The predicted molar refractivity (Wildman–Crippen MR) is 120 cm³/mol. The van der Waals surface area contributed by atoms with Gasteiger partial charge in [0.05, 0.1) is 17.3 Å². The maximum atomic E-state index is 13.2. The number of amides is 1. The van der Waals surface area contributed by atoms with E-state index in [2.05, 4.69) is 10.3 Å². The quantitative estimate of drug-likeness (QED) is 0.745. The molecule has 3 heterocycles. The van der Waals surface area contributed by atoms with Gasteiger partial charge in [0.2, 0.25) is 5.91 Å². The summed E-state index contributed by atoms with van der Waals surface area (Å²) in [5.41, 5.74) is 1.93. The van der Waals surface area contributed by atoms with Crippen LogP contribution in [0.4, 0.5) is 15.9 Å². The molecule has 1 aliphatic carbocycles. The summed E-state index contributed by atoms with van der Waals surface area (Å²) in [6.07, 6.45) is 6.80. The fourth-order valence-electron chi connectivity index (χ4n) is 5.02. The molecule has 1 aromatic heterocycles.